The molecule has 8 aromatic rings. The molecule has 0 spiro atoms. The lowest BCUT2D eigenvalue weighted by Crippen LogP contribution is -2.57. The maximum absolute atomic E-state index is 14.4. The summed E-state index contributed by atoms with van der Waals surface area (Å²) < 4.78 is 75.0. The Bertz CT molecular complexity index is 3850. The zero-order valence-electron chi connectivity index (χ0n) is 46.7. The van der Waals surface area contributed by atoms with Crippen LogP contribution in [0.25, 0.3) is 43.2 Å². The van der Waals surface area contributed by atoms with Crippen molar-refractivity contribution in [2.24, 2.45) is 11.5 Å². The second-order valence-corrected chi connectivity index (χ2v) is 23.3. The first-order valence-electron chi connectivity index (χ1n) is 27.0. The molecular weight excluding hydrogens is 1160 g/mol. The normalized spacial score (nSPS) is 14.1. The zero-order valence-corrected chi connectivity index (χ0v) is 49.1. The first-order chi connectivity index (χ1) is 40.8. The molecule has 0 radical (unpaired) electrons. The highest BCUT2D eigenvalue weighted by Crippen LogP contribution is 2.49. The number of carbonyl (C=O) groups is 3. The second kappa shape index (κ2) is 27.1. The van der Waals surface area contributed by atoms with Gasteiger partial charge in [0.15, 0.2) is 5.82 Å². The fourth-order valence-electron chi connectivity index (χ4n) is 9.98. The summed E-state index contributed by atoms with van der Waals surface area (Å²) in [7, 11) is -1.09. The van der Waals surface area contributed by atoms with Crippen molar-refractivity contribution in [2.75, 3.05) is 65.3 Å². The van der Waals surface area contributed by atoms with Gasteiger partial charge in [-0.15, -0.1) is 11.3 Å². The molecule has 2 unspecified atom stereocenters. The van der Waals surface area contributed by atoms with Gasteiger partial charge in [-0.05, 0) is 103 Å². The Morgan fingerprint density at radius 2 is 1.65 bits per heavy atom. The van der Waals surface area contributed by atoms with Gasteiger partial charge in [0.25, 0.3) is 10.1 Å². The predicted octanol–water partition coefficient (Wildman–Crippen LogP) is 8.55. The van der Waals surface area contributed by atoms with Crippen molar-refractivity contribution in [3.05, 3.63) is 155 Å². The number of fused-ring (bicyclic) bond motifs is 1. The minimum atomic E-state index is -4.68. The van der Waals surface area contributed by atoms with E-state index in [2.05, 4.69) is 30.5 Å². The number of ether oxygens (including phenoxy) is 4. The Labute approximate surface area is 499 Å². The number of carbonyl (C=O) groups excluding carboxylic acids is 2. The van der Waals surface area contributed by atoms with Gasteiger partial charge in [0.1, 0.15) is 58.9 Å². The number of thiophene rings is 1. The van der Waals surface area contributed by atoms with Gasteiger partial charge in [-0.2, -0.15) is 8.42 Å². The number of piperazine rings is 1. The topological polar surface area (TPSA) is 294 Å². The number of primary amides is 1. The number of nitrogens with zero attached hydrogens (tertiary/aromatic N) is 6. The van der Waals surface area contributed by atoms with E-state index in [0.29, 0.717) is 131 Å². The Hall–Kier alpha value is -8.36. The van der Waals surface area contributed by atoms with Crippen LogP contribution in [0, 0.1) is 12.7 Å². The predicted molar refractivity (Wildman–Crippen MR) is 320 cm³/mol. The van der Waals surface area contributed by atoms with Crippen LogP contribution in [0.1, 0.15) is 35.2 Å². The molecule has 3 amide bonds. The Morgan fingerprint density at radius 1 is 0.906 bits per heavy atom. The minimum absolute atomic E-state index is 0.0110. The summed E-state index contributed by atoms with van der Waals surface area (Å²) in [5.41, 5.74) is 16.0. The quantitative estimate of drug-likeness (QED) is 0.0177. The number of amides is 3. The molecule has 9 rings (SSSR count). The monoisotopic (exact) mass is 1220 g/mol. The summed E-state index contributed by atoms with van der Waals surface area (Å²) in [6.07, 6.45) is 2.01. The van der Waals surface area contributed by atoms with Gasteiger partial charge in [0.2, 0.25) is 17.9 Å². The van der Waals surface area contributed by atoms with E-state index in [4.69, 9.17) is 47.0 Å². The van der Waals surface area contributed by atoms with Crippen molar-refractivity contribution < 1.29 is 60.3 Å². The third-order valence-electron chi connectivity index (χ3n) is 14.6. The van der Waals surface area contributed by atoms with Crippen molar-refractivity contribution in [3.8, 4) is 56.1 Å². The number of aliphatic carboxylic acids is 1. The van der Waals surface area contributed by atoms with Crippen LogP contribution in [-0.4, -0.2) is 137 Å². The second-order valence-electron chi connectivity index (χ2n) is 20.6. The van der Waals surface area contributed by atoms with E-state index in [-0.39, 0.29) is 55.6 Å². The molecule has 0 saturated carbocycles. The van der Waals surface area contributed by atoms with Crippen LogP contribution in [0.5, 0.6) is 23.1 Å². The molecule has 4 heterocycles. The van der Waals surface area contributed by atoms with Crippen LogP contribution < -0.4 is 41.0 Å². The van der Waals surface area contributed by atoms with Crippen LogP contribution in [0.15, 0.2) is 127 Å². The maximum atomic E-state index is 14.4. The smallest absolute Gasteiger partial charge is 0.345 e. The van der Waals surface area contributed by atoms with Gasteiger partial charge in [-0.1, -0.05) is 60.1 Å². The van der Waals surface area contributed by atoms with Crippen molar-refractivity contribution in [1.29, 1.82) is 0 Å². The molecule has 21 nitrogen and oxygen atoms in total. The lowest BCUT2D eigenvalue weighted by atomic mass is 9.96. The van der Waals surface area contributed by atoms with Gasteiger partial charge in [0, 0.05) is 60.5 Å². The highest BCUT2D eigenvalue weighted by molar-refractivity contribution is 7.85. The Morgan fingerprint density at radius 3 is 2.38 bits per heavy atom. The Balaban J connectivity index is 0.878. The first kappa shape index (κ1) is 61.2. The number of carboxylic acid groups (broad SMARTS) is 1. The molecule has 0 aliphatic carbocycles. The van der Waals surface area contributed by atoms with E-state index in [9.17, 15) is 36.9 Å². The van der Waals surface area contributed by atoms with Crippen molar-refractivity contribution in [2.45, 2.75) is 56.4 Å². The number of nitrogens with two attached hydrogens (primary N) is 2. The molecular formula is C60H63ClFN10O11S2+. The van der Waals surface area contributed by atoms with Gasteiger partial charge in [0.05, 0.1) is 55.0 Å². The highest BCUT2D eigenvalue weighted by atomic mass is 35.5. The fourth-order valence-corrected chi connectivity index (χ4v) is 12.1. The van der Waals surface area contributed by atoms with Gasteiger partial charge >= 0.3 is 12.0 Å². The molecule has 444 valence electrons. The third-order valence-corrected chi connectivity index (χ3v) is 17.1. The average Bonchev–Trinajstić information content (AvgIpc) is 1.78. The molecule has 3 aromatic heterocycles. The number of methoxy groups -OCH3 is 1. The summed E-state index contributed by atoms with van der Waals surface area (Å²) >= 11 is 8.49. The number of nitrogens with one attached hydrogen (secondary N) is 2. The van der Waals surface area contributed by atoms with Gasteiger partial charge in [-0.25, -0.2) is 33.9 Å². The molecule has 1 aliphatic heterocycles. The Kier molecular flexibility index (Phi) is 19.5. The van der Waals surface area contributed by atoms with Crippen molar-refractivity contribution in [1.82, 2.24) is 30.2 Å². The van der Waals surface area contributed by atoms with E-state index in [1.807, 2.05) is 44.3 Å². The van der Waals surface area contributed by atoms with E-state index in [0.717, 1.165) is 0 Å². The third kappa shape index (κ3) is 15.1. The molecule has 0 bridgehead atoms. The number of rotatable bonds is 25. The van der Waals surface area contributed by atoms with E-state index in [1.54, 1.807) is 74.0 Å². The lowest BCUT2D eigenvalue weighted by Gasteiger charge is -2.42. The van der Waals surface area contributed by atoms with Crippen LogP contribution in [0.3, 0.4) is 0 Å². The number of anilines is 1. The standard InChI is InChI=1S/C60H62ClFN10O11S2/c1-36-43(20-21-48(53(36)61)81-30-27-71-25-28-72(2,29-26-71)33-39-16-19-41(32-50(39)85(77,78)79)70-56(73)45(63)11-8-23-66-60(64)76)51-52-57(67-35-68-58(52)84-54(51)37-14-17-40(62)18-15-37)83-49(59(74)75)31-38-9-4-6-12-46(38)82-34-42-22-24-65-55(69-42)44-10-5-7-13-47(44)80-3/h4-7,9-10,12-22,24,32,35,45,49H,8,11,23,25-31,33-34,63H2,1-3H3,(H5-,64,66,70,73,74,75,76,77,78,79)/p+1. The molecule has 5 aromatic carbocycles. The summed E-state index contributed by atoms with van der Waals surface area (Å²) in [6, 6.07) is 28.6. The van der Waals surface area contributed by atoms with Gasteiger partial charge in [-0.3, -0.25) is 14.2 Å². The number of urea groups is 1. The molecule has 8 N–H and O–H groups in total. The number of quaternary nitrogens is 1. The summed E-state index contributed by atoms with van der Waals surface area (Å²) in [6.45, 7) is 5.83. The van der Waals surface area contributed by atoms with Crippen molar-refractivity contribution in [3.63, 3.8) is 0 Å². The minimum Gasteiger partial charge on any atom is -0.496 e. The highest BCUT2D eigenvalue weighted by Gasteiger charge is 2.33. The van der Waals surface area contributed by atoms with Crippen LogP contribution >= 0.6 is 22.9 Å². The molecule has 2 atom stereocenters. The largest absolute Gasteiger partial charge is 0.496 e. The van der Waals surface area contributed by atoms with Crippen LogP contribution in [0.2, 0.25) is 5.02 Å². The number of hydrogen-bond donors (Lipinski definition) is 6. The number of para-hydroxylation sites is 2. The zero-order chi connectivity index (χ0) is 60.4. The van der Waals surface area contributed by atoms with Crippen LogP contribution in [0.4, 0.5) is 14.9 Å². The summed E-state index contributed by atoms with van der Waals surface area (Å²) in [5, 5.41) is 16.5. The van der Waals surface area contributed by atoms with Crippen LogP contribution in [-0.2, 0) is 39.3 Å². The van der Waals surface area contributed by atoms with E-state index < -0.39 is 46.0 Å². The molecule has 1 fully saturated rings. The lowest BCUT2D eigenvalue weighted by molar-refractivity contribution is -0.926. The maximum Gasteiger partial charge on any atom is 0.345 e. The fraction of sp³-hybridized carbons (Fsp3) is 0.283. The number of benzene rings is 5. The molecule has 1 aliphatic rings. The van der Waals surface area contributed by atoms with Gasteiger partial charge < -0.3 is 50.6 Å². The van der Waals surface area contributed by atoms with Crippen molar-refractivity contribution >= 4 is 66.9 Å². The van der Waals surface area contributed by atoms with E-state index >= 15 is 0 Å². The molecule has 85 heavy (non-hydrogen) atoms. The number of likely N-dealkylation sites (N-methyl/N-ethyl adjacent to an activating group) is 1. The SMILES string of the molecule is COc1ccccc1-c1nccc(COc2ccccc2CC(Oc2ncnc3sc(-c4ccc(F)cc4)c(-c4ccc(OCCN5CC[N+](C)(Cc6ccc(NC(=O)C(N)CCCNC(N)=O)cc6S(=O)(=O)O)CC5)c(Cl)c4C)c23)C(=O)O)n1. The molecule has 1 saturated heterocycles. The van der Waals surface area contributed by atoms with E-state index in [1.165, 1.54) is 35.9 Å². The summed E-state index contributed by atoms with van der Waals surface area (Å²) in [5.74, 6) is -0.292. The molecule has 25 heteroatoms. The number of aromatic nitrogens is 4. The number of hydrogen-bond acceptors (Lipinski definition) is 16. The summed E-state index contributed by atoms with van der Waals surface area (Å²) in [4.78, 5) is 58.2. The number of carboxylic acids is 1. The number of halogens is 2. The first-order valence-corrected chi connectivity index (χ1v) is 29.7. The average molecular weight is 1220 g/mol.